The summed E-state index contributed by atoms with van der Waals surface area (Å²) in [5, 5.41) is 4.89. The molecule has 3 aromatic rings. The Morgan fingerprint density at radius 2 is 2.10 bits per heavy atom. The second-order valence-corrected chi connectivity index (χ2v) is 9.15. The number of rotatable bonds is 5. The van der Waals surface area contributed by atoms with E-state index in [0.717, 1.165) is 52.9 Å². The van der Waals surface area contributed by atoms with Crippen LogP contribution < -0.4 is 14.8 Å². The number of hydrogen-bond acceptors (Lipinski definition) is 4. The number of ether oxygens (including phenoxy) is 2. The molecule has 1 amide bonds. The maximum Gasteiger partial charge on any atom is 0.220 e. The van der Waals surface area contributed by atoms with Gasteiger partial charge in [0.15, 0.2) is 11.3 Å². The smallest absolute Gasteiger partial charge is 0.220 e. The standard InChI is InChI=1S/C25H26ClNO4/c1-15-10-17-11-16(12-22(29-2)24(17)30-15)4-7-23(28)27-20-14-25(8-3-9-25)31-21-6-5-18(26)13-19(20)21/h5-6,10-13,20H,3-4,7-9,14H2,1-2H3,(H,27,28)/t20-/m0/s1. The lowest BCUT2D eigenvalue weighted by Gasteiger charge is -2.48. The lowest BCUT2D eigenvalue weighted by Crippen LogP contribution is -2.49. The maximum atomic E-state index is 12.9. The minimum atomic E-state index is -0.143. The van der Waals surface area contributed by atoms with E-state index in [-0.39, 0.29) is 17.6 Å². The Bertz CT molecular complexity index is 1150. The second kappa shape index (κ2) is 7.79. The molecule has 1 aliphatic heterocycles. The highest BCUT2D eigenvalue weighted by molar-refractivity contribution is 6.30. The Balaban J connectivity index is 1.31. The molecule has 1 spiro atoms. The molecule has 0 bridgehead atoms. The summed E-state index contributed by atoms with van der Waals surface area (Å²) in [6.07, 6.45) is 5.04. The third-order valence-corrected chi connectivity index (χ3v) is 6.71. The molecular weight excluding hydrogens is 414 g/mol. The van der Waals surface area contributed by atoms with Crippen LogP contribution in [0.5, 0.6) is 11.5 Å². The van der Waals surface area contributed by atoms with Crippen LogP contribution in [-0.4, -0.2) is 18.6 Å². The Morgan fingerprint density at radius 1 is 1.26 bits per heavy atom. The Morgan fingerprint density at radius 3 is 2.84 bits per heavy atom. The summed E-state index contributed by atoms with van der Waals surface area (Å²) in [6.45, 7) is 1.92. The van der Waals surface area contributed by atoms with Crippen molar-refractivity contribution in [2.45, 2.75) is 57.1 Å². The lowest BCUT2D eigenvalue weighted by molar-refractivity contribution is -0.123. The first kappa shape index (κ1) is 20.3. The van der Waals surface area contributed by atoms with Crippen molar-refractivity contribution >= 4 is 28.5 Å². The summed E-state index contributed by atoms with van der Waals surface area (Å²) in [6, 6.07) is 11.6. The van der Waals surface area contributed by atoms with E-state index in [4.69, 9.17) is 25.5 Å². The van der Waals surface area contributed by atoms with Crippen molar-refractivity contribution in [1.82, 2.24) is 5.32 Å². The minimum Gasteiger partial charge on any atom is -0.493 e. The molecule has 5 nitrogen and oxygen atoms in total. The van der Waals surface area contributed by atoms with Gasteiger partial charge in [0, 0.05) is 28.8 Å². The SMILES string of the molecule is COc1cc(CCC(=O)N[C@H]2CC3(CCC3)Oc3ccc(Cl)cc32)cc2cc(C)oc12. The molecule has 2 aromatic carbocycles. The number of fused-ring (bicyclic) bond motifs is 2. The number of hydrogen-bond donors (Lipinski definition) is 1. The molecule has 1 aliphatic carbocycles. The Hall–Kier alpha value is -2.66. The molecule has 5 rings (SSSR count). The van der Waals surface area contributed by atoms with E-state index in [9.17, 15) is 4.79 Å². The van der Waals surface area contributed by atoms with E-state index in [2.05, 4.69) is 11.4 Å². The molecule has 0 unspecified atom stereocenters. The molecule has 6 heteroatoms. The molecule has 1 fully saturated rings. The number of carbonyl (C=O) groups excluding carboxylic acids is 1. The largest absolute Gasteiger partial charge is 0.493 e. The van der Waals surface area contributed by atoms with Gasteiger partial charge in [-0.3, -0.25) is 4.79 Å². The molecule has 2 aliphatic rings. The molecule has 1 saturated carbocycles. The predicted molar refractivity (Wildman–Crippen MR) is 120 cm³/mol. The number of benzene rings is 2. The van der Waals surface area contributed by atoms with Gasteiger partial charge in [-0.2, -0.15) is 0 Å². The van der Waals surface area contributed by atoms with Crippen molar-refractivity contribution in [3.63, 3.8) is 0 Å². The van der Waals surface area contributed by atoms with Crippen LogP contribution in [0.1, 0.15) is 55.0 Å². The average molecular weight is 440 g/mol. The number of aryl methyl sites for hydroxylation is 2. The van der Waals surface area contributed by atoms with Crippen molar-refractivity contribution in [1.29, 1.82) is 0 Å². The zero-order valence-electron chi connectivity index (χ0n) is 17.8. The van der Waals surface area contributed by atoms with Gasteiger partial charge < -0.3 is 19.2 Å². The van der Waals surface area contributed by atoms with Crippen LogP contribution in [0.3, 0.4) is 0 Å². The summed E-state index contributed by atoms with van der Waals surface area (Å²) in [7, 11) is 1.63. The first-order valence-electron chi connectivity index (χ1n) is 10.8. The molecule has 1 N–H and O–H groups in total. The second-order valence-electron chi connectivity index (χ2n) is 8.72. The van der Waals surface area contributed by atoms with E-state index in [1.807, 2.05) is 37.3 Å². The third-order valence-electron chi connectivity index (χ3n) is 6.48. The van der Waals surface area contributed by atoms with Crippen molar-refractivity contribution in [2.24, 2.45) is 0 Å². The minimum absolute atomic E-state index is 0.0229. The Labute approximate surface area is 186 Å². The number of nitrogens with one attached hydrogen (secondary N) is 1. The van der Waals surface area contributed by atoms with Crippen LogP contribution in [-0.2, 0) is 11.2 Å². The first-order chi connectivity index (χ1) is 14.9. The summed E-state index contributed by atoms with van der Waals surface area (Å²) in [5.41, 5.74) is 2.62. The zero-order chi connectivity index (χ0) is 21.6. The summed E-state index contributed by atoms with van der Waals surface area (Å²) >= 11 is 6.23. The number of methoxy groups -OCH3 is 1. The quantitative estimate of drug-likeness (QED) is 0.537. The van der Waals surface area contributed by atoms with Crippen LogP contribution in [0.25, 0.3) is 11.0 Å². The van der Waals surface area contributed by atoms with Crippen LogP contribution in [0.15, 0.2) is 40.8 Å². The molecule has 2 heterocycles. The van der Waals surface area contributed by atoms with E-state index in [0.29, 0.717) is 23.6 Å². The molecule has 1 atom stereocenters. The van der Waals surface area contributed by atoms with Crippen LogP contribution in [0.2, 0.25) is 5.02 Å². The van der Waals surface area contributed by atoms with Crippen molar-refractivity contribution < 1.29 is 18.7 Å². The van der Waals surface area contributed by atoms with Gasteiger partial charge in [-0.1, -0.05) is 11.6 Å². The fourth-order valence-corrected chi connectivity index (χ4v) is 4.96. The number of carbonyl (C=O) groups is 1. The highest BCUT2D eigenvalue weighted by atomic mass is 35.5. The van der Waals surface area contributed by atoms with Crippen LogP contribution in [0, 0.1) is 6.92 Å². The van der Waals surface area contributed by atoms with E-state index in [1.165, 1.54) is 6.42 Å². The van der Waals surface area contributed by atoms with Gasteiger partial charge in [0.1, 0.15) is 17.1 Å². The van der Waals surface area contributed by atoms with E-state index < -0.39 is 0 Å². The molecule has 31 heavy (non-hydrogen) atoms. The molecule has 0 radical (unpaired) electrons. The number of amides is 1. The van der Waals surface area contributed by atoms with E-state index in [1.54, 1.807) is 7.11 Å². The highest BCUT2D eigenvalue weighted by Gasteiger charge is 2.45. The van der Waals surface area contributed by atoms with Crippen molar-refractivity contribution in [3.05, 3.63) is 58.3 Å². The fourth-order valence-electron chi connectivity index (χ4n) is 4.78. The topological polar surface area (TPSA) is 60.7 Å². The fraction of sp³-hybridized carbons (Fsp3) is 0.400. The van der Waals surface area contributed by atoms with E-state index >= 15 is 0 Å². The van der Waals surface area contributed by atoms with Gasteiger partial charge in [-0.05, 0) is 74.6 Å². The summed E-state index contributed by atoms with van der Waals surface area (Å²) in [4.78, 5) is 12.9. The predicted octanol–water partition coefficient (Wildman–Crippen LogP) is 5.90. The van der Waals surface area contributed by atoms with Crippen LogP contribution in [0.4, 0.5) is 0 Å². The van der Waals surface area contributed by atoms with Crippen LogP contribution >= 0.6 is 11.6 Å². The van der Waals surface area contributed by atoms with Gasteiger partial charge in [0.05, 0.1) is 13.2 Å². The number of furan rings is 1. The van der Waals surface area contributed by atoms with Crippen molar-refractivity contribution in [2.75, 3.05) is 7.11 Å². The zero-order valence-corrected chi connectivity index (χ0v) is 18.6. The monoisotopic (exact) mass is 439 g/mol. The first-order valence-corrected chi connectivity index (χ1v) is 11.2. The molecule has 162 valence electrons. The van der Waals surface area contributed by atoms with Gasteiger partial charge in [0.2, 0.25) is 5.91 Å². The highest BCUT2D eigenvalue weighted by Crippen LogP contribution is 2.49. The van der Waals surface area contributed by atoms with Gasteiger partial charge in [-0.25, -0.2) is 0 Å². The van der Waals surface area contributed by atoms with Crippen molar-refractivity contribution in [3.8, 4) is 11.5 Å². The summed E-state index contributed by atoms with van der Waals surface area (Å²) < 4.78 is 17.5. The molecule has 0 saturated heterocycles. The maximum absolute atomic E-state index is 12.9. The normalized spacial score (nSPS) is 18.9. The molecule has 1 aromatic heterocycles. The number of halogens is 1. The van der Waals surface area contributed by atoms with Gasteiger partial charge >= 0.3 is 0 Å². The lowest BCUT2D eigenvalue weighted by atomic mass is 9.73. The molecular formula is C25H26ClNO4. The summed E-state index contributed by atoms with van der Waals surface area (Å²) in [5.74, 6) is 2.40. The average Bonchev–Trinajstić information content (AvgIpc) is 3.10. The van der Waals surface area contributed by atoms with Gasteiger partial charge in [-0.15, -0.1) is 0 Å². The third kappa shape index (κ3) is 3.87. The van der Waals surface area contributed by atoms with Gasteiger partial charge in [0.25, 0.3) is 0 Å². The Kier molecular flexibility index (Phi) is 5.09.